The molecule has 1 heterocycles. The van der Waals surface area contributed by atoms with Gasteiger partial charge in [-0.3, -0.25) is 4.79 Å². The summed E-state index contributed by atoms with van der Waals surface area (Å²) in [6.07, 6.45) is 0.0899. The average Bonchev–Trinajstić information content (AvgIpc) is 2.15. The van der Waals surface area contributed by atoms with Crippen molar-refractivity contribution in [2.75, 3.05) is 6.61 Å². The molecule has 0 atom stereocenters. The Morgan fingerprint density at radius 3 is 2.94 bits per heavy atom. The van der Waals surface area contributed by atoms with E-state index in [0.717, 1.165) is 16.7 Å². The Hall–Kier alpha value is -1.35. The van der Waals surface area contributed by atoms with Gasteiger partial charge in [0.05, 0.1) is 19.6 Å². The lowest BCUT2D eigenvalue weighted by atomic mass is 9.77. The zero-order chi connectivity index (χ0) is 11.8. The molecule has 1 aromatic rings. The highest BCUT2D eigenvalue weighted by atomic mass is 16.5. The molecule has 1 aliphatic heterocycles. The fourth-order valence-corrected chi connectivity index (χ4v) is 2.44. The second-order valence-electron chi connectivity index (χ2n) is 4.90. The average molecular weight is 220 g/mol. The zero-order valence-corrected chi connectivity index (χ0v) is 9.62. The number of carbonyl (C=O) groups is 1. The van der Waals surface area contributed by atoms with E-state index in [9.17, 15) is 4.79 Å². The first kappa shape index (κ1) is 11.1. The second-order valence-corrected chi connectivity index (χ2v) is 4.90. The third kappa shape index (κ3) is 1.95. The summed E-state index contributed by atoms with van der Waals surface area (Å²) in [5.74, 6) is -0.782. The molecule has 1 N–H and O–H groups in total. The van der Waals surface area contributed by atoms with Crippen LogP contribution in [0.25, 0.3) is 0 Å². The highest BCUT2D eigenvalue weighted by Crippen LogP contribution is 2.34. The quantitative estimate of drug-likeness (QED) is 0.830. The van der Waals surface area contributed by atoms with Crippen molar-refractivity contribution >= 4 is 5.97 Å². The highest BCUT2D eigenvalue weighted by molar-refractivity contribution is 5.71. The predicted octanol–water partition coefficient (Wildman–Crippen LogP) is 2.12. The molecule has 3 heteroatoms. The Balaban J connectivity index is 2.51. The Morgan fingerprint density at radius 2 is 2.25 bits per heavy atom. The van der Waals surface area contributed by atoms with Gasteiger partial charge in [0, 0.05) is 5.41 Å². The van der Waals surface area contributed by atoms with Crippen molar-refractivity contribution in [3.05, 3.63) is 34.9 Å². The van der Waals surface area contributed by atoms with Crippen LogP contribution in [0.2, 0.25) is 0 Å². The van der Waals surface area contributed by atoms with Crippen molar-refractivity contribution in [2.24, 2.45) is 0 Å². The number of fused-ring (bicyclic) bond motifs is 1. The Morgan fingerprint density at radius 1 is 1.50 bits per heavy atom. The van der Waals surface area contributed by atoms with E-state index in [1.54, 1.807) is 0 Å². The lowest BCUT2D eigenvalue weighted by Gasteiger charge is -2.34. The van der Waals surface area contributed by atoms with Crippen LogP contribution in [0.3, 0.4) is 0 Å². The molecule has 0 unspecified atom stereocenters. The summed E-state index contributed by atoms with van der Waals surface area (Å²) in [7, 11) is 0. The summed E-state index contributed by atoms with van der Waals surface area (Å²) in [4.78, 5) is 10.8. The lowest BCUT2D eigenvalue weighted by Crippen LogP contribution is -2.32. The molecule has 0 spiro atoms. The van der Waals surface area contributed by atoms with E-state index in [-0.39, 0.29) is 11.8 Å². The van der Waals surface area contributed by atoms with Gasteiger partial charge in [-0.1, -0.05) is 32.0 Å². The lowest BCUT2D eigenvalue weighted by molar-refractivity contribution is -0.136. The highest BCUT2D eigenvalue weighted by Gasteiger charge is 2.30. The van der Waals surface area contributed by atoms with Crippen LogP contribution in [-0.4, -0.2) is 17.7 Å². The van der Waals surface area contributed by atoms with Gasteiger partial charge in [-0.2, -0.15) is 0 Å². The third-order valence-corrected chi connectivity index (χ3v) is 2.98. The monoisotopic (exact) mass is 220 g/mol. The SMILES string of the molecule is CC1(C)COCc2cccc(CC(=O)O)c21. The molecule has 16 heavy (non-hydrogen) atoms. The van der Waals surface area contributed by atoms with Gasteiger partial charge < -0.3 is 9.84 Å². The maximum absolute atomic E-state index is 10.8. The Kier molecular flexibility index (Phi) is 2.72. The summed E-state index contributed by atoms with van der Waals surface area (Å²) in [6.45, 7) is 5.43. The Labute approximate surface area is 95.0 Å². The number of aliphatic carboxylic acids is 1. The first-order valence-electron chi connectivity index (χ1n) is 5.41. The number of ether oxygens (including phenoxy) is 1. The van der Waals surface area contributed by atoms with Gasteiger partial charge in [0.15, 0.2) is 0 Å². The first-order valence-corrected chi connectivity index (χ1v) is 5.41. The number of hydrogen-bond donors (Lipinski definition) is 1. The minimum Gasteiger partial charge on any atom is -0.481 e. The molecule has 0 aromatic heterocycles. The van der Waals surface area contributed by atoms with Gasteiger partial charge in [0.1, 0.15) is 0 Å². The van der Waals surface area contributed by atoms with Crippen LogP contribution in [-0.2, 0) is 28.0 Å². The van der Waals surface area contributed by atoms with E-state index in [1.165, 1.54) is 0 Å². The molecule has 0 saturated carbocycles. The maximum atomic E-state index is 10.8. The van der Waals surface area contributed by atoms with Gasteiger partial charge in [-0.05, 0) is 16.7 Å². The van der Waals surface area contributed by atoms with Crippen molar-refractivity contribution in [1.29, 1.82) is 0 Å². The van der Waals surface area contributed by atoms with E-state index < -0.39 is 5.97 Å². The van der Waals surface area contributed by atoms with Crippen LogP contribution in [0.15, 0.2) is 18.2 Å². The number of rotatable bonds is 2. The van der Waals surface area contributed by atoms with Crippen LogP contribution in [0.1, 0.15) is 30.5 Å². The van der Waals surface area contributed by atoms with Crippen LogP contribution in [0.4, 0.5) is 0 Å². The number of carboxylic acid groups (broad SMARTS) is 1. The van der Waals surface area contributed by atoms with E-state index in [0.29, 0.717) is 13.2 Å². The van der Waals surface area contributed by atoms with E-state index in [2.05, 4.69) is 13.8 Å². The summed E-state index contributed by atoms with van der Waals surface area (Å²) in [6, 6.07) is 5.82. The van der Waals surface area contributed by atoms with Crippen molar-refractivity contribution in [1.82, 2.24) is 0 Å². The van der Waals surface area contributed by atoms with Crippen molar-refractivity contribution in [2.45, 2.75) is 32.3 Å². The predicted molar refractivity (Wildman–Crippen MR) is 60.5 cm³/mol. The van der Waals surface area contributed by atoms with Gasteiger partial charge in [0.25, 0.3) is 0 Å². The van der Waals surface area contributed by atoms with Gasteiger partial charge in [-0.25, -0.2) is 0 Å². The smallest absolute Gasteiger partial charge is 0.307 e. The minimum absolute atomic E-state index is 0.0899. The molecule has 1 aromatic carbocycles. The number of carboxylic acids is 1. The summed E-state index contributed by atoms with van der Waals surface area (Å²) >= 11 is 0. The van der Waals surface area contributed by atoms with E-state index in [1.807, 2.05) is 18.2 Å². The molecule has 0 aliphatic carbocycles. The molecule has 0 amide bonds. The van der Waals surface area contributed by atoms with Crippen molar-refractivity contribution < 1.29 is 14.6 Å². The van der Waals surface area contributed by atoms with Crippen LogP contribution >= 0.6 is 0 Å². The van der Waals surface area contributed by atoms with Gasteiger partial charge in [-0.15, -0.1) is 0 Å². The summed E-state index contributed by atoms with van der Waals surface area (Å²) in [5, 5.41) is 8.91. The molecule has 0 fully saturated rings. The fourth-order valence-electron chi connectivity index (χ4n) is 2.44. The molecule has 1 aliphatic rings. The van der Waals surface area contributed by atoms with E-state index >= 15 is 0 Å². The number of hydrogen-bond acceptors (Lipinski definition) is 2. The van der Waals surface area contributed by atoms with Crippen molar-refractivity contribution in [3.8, 4) is 0 Å². The van der Waals surface area contributed by atoms with E-state index in [4.69, 9.17) is 9.84 Å². The molecule has 2 rings (SSSR count). The third-order valence-electron chi connectivity index (χ3n) is 2.98. The normalized spacial score (nSPS) is 17.9. The van der Waals surface area contributed by atoms with Crippen LogP contribution in [0, 0.1) is 0 Å². The fraction of sp³-hybridized carbons (Fsp3) is 0.462. The zero-order valence-electron chi connectivity index (χ0n) is 9.62. The van der Waals surface area contributed by atoms with Crippen LogP contribution < -0.4 is 0 Å². The second kappa shape index (κ2) is 3.91. The molecule has 3 nitrogen and oxygen atoms in total. The number of benzene rings is 1. The largest absolute Gasteiger partial charge is 0.481 e. The molecular formula is C13H16O3. The standard InChI is InChI=1S/C13H16O3/c1-13(2)8-16-7-10-5-3-4-9(12(10)13)6-11(14)15/h3-5H,6-8H2,1-2H3,(H,14,15). The maximum Gasteiger partial charge on any atom is 0.307 e. The van der Waals surface area contributed by atoms with Crippen LogP contribution in [0.5, 0.6) is 0 Å². The molecule has 0 bridgehead atoms. The van der Waals surface area contributed by atoms with Crippen molar-refractivity contribution in [3.63, 3.8) is 0 Å². The molecule has 86 valence electrons. The molecule has 0 saturated heterocycles. The van der Waals surface area contributed by atoms with Gasteiger partial charge in [0.2, 0.25) is 0 Å². The minimum atomic E-state index is -0.782. The molecule has 0 radical (unpaired) electrons. The topological polar surface area (TPSA) is 46.5 Å². The summed E-state index contributed by atoms with van der Waals surface area (Å²) < 4.78 is 5.52. The molecular weight excluding hydrogens is 204 g/mol. The first-order chi connectivity index (χ1) is 7.50. The Bertz CT molecular complexity index is 421. The summed E-state index contributed by atoms with van der Waals surface area (Å²) in [5.41, 5.74) is 3.09. The van der Waals surface area contributed by atoms with Gasteiger partial charge >= 0.3 is 5.97 Å².